The van der Waals surface area contributed by atoms with Gasteiger partial charge in [-0.25, -0.2) is 0 Å². The summed E-state index contributed by atoms with van der Waals surface area (Å²) in [7, 11) is 1.52. The highest BCUT2D eigenvalue weighted by Gasteiger charge is 2.21. The fourth-order valence-electron chi connectivity index (χ4n) is 1.13. The lowest BCUT2D eigenvalue weighted by Gasteiger charge is -2.08. The van der Waals surface area contributed by atoms with Gasteiger partial charge in [-0.05, 0) is 17.7 Å². The Morgan fingerprint density at radius 1 is 1.40 bits per heavy atom. The molecule has 0 bridgehead atoms. The van der Waals surface area contributed by atoms with Crippen molar-refractivity contribution < 1.29 is 14.3 Å². The minimum atomic E-state index is -0.933. The lowest BCUT2D eigenvalue weighted by atomic mass is 10.1. The third kappa shape index (κ3) is 2.80. The minimum Gasteiger partial charge on any atom is -0.497 e. The summed E-state index contributed by atoms with van der Waals surface area (Å²) in [6.07, 6.45) is 0. The van der Waals surface area contributed by atoms with Crippen molar-refractivity contribution in [2.75, 3.05) is 7.11 Å². The minimum absolute atomic E-state index is 0.544. The van der Waals surface area contributed by atoms with Crippen LogP contribution >= 0.6 is 11.6 Å². The Bertz CT molecular complexity index is 387. The van der Waals surface area contributed by atoms with E-state index in [2.05, 4.69) is 0 Å². The van der Waals surface area contributed by atoms with E-state index in [9.17, 15) is 9.59 Å². The zero-order valence-electron chi connectivity index (χ0n) is 8.49. The van der Waals surface area contributed by atoms with E-state index in [1.54, 1.807) is 24.3 Å². The van der Waals surface area contributed by atoms with E-state index in [1.165, 1.54) is 14.0 Å². The van der Waals surface area contributed by atoms with Gasteiger partial charge >= 0.3 is 0 Å². The lowest BCUT2D eigenvalue weighted by molar-refractivity contribution is -0.135. The summed E-state index contributed by atoms with van der Waals surface area (Å²) >= 11 is 5.85. The number of ether oxygens (including phenoxy) is 1. The predicted molar refractivity (Wildman–Crippen MR) is 57.3 cm³/mol. The number of hydrogen-bond donors (Lipinski definition) is 0. The van der Waals surface area contributed by atoms with Crippen LogP contribution in [0.1, 0.15) is 17.9 Å². The third-order valence-electron chi connectivity index (χ3n) is 1.96. The number of hydrogen-bond acceptors (Lipinski definition) is 3. The zero-order valence-corrected chi connectivity index (χ0v) is 9.25. The molecule has 0 aliphatic carbocycles. The summed E-state index contributed by atoms with van der Waals surface area (Å²) < 4.78 is 4.99. The van der Waals surface area contributed by atoms with Gasteiger partial charge in [-0.1, -0.05) is 12.1 Å². The second kappa shape index (κ2) is 4.94. The first kappa shape index (κ1) is 11.7. The molecule has 0 N–H and O–H groups in total. The van der Waals surface area contributed by atoms with E-state index in [1.807, 2.05) is 0 Å². The Labute approximate surface area is 93.0 Å². The van der Waals surface area contributed by atoms with Gasteiger partial charge in [-0.3, -0.25) is 9.59 Å². The molecular weight excluding hydrogens is 216 g/mol. The number of ketones is 2. The van der Waals surface area contributed by atoms with Gasteiger partial charge in [0, 0.05) is 6.92 Å². The zero-order chi connectivity index (χ0) is 11.4. The number of rotatable bonds is 4. The number of alkyl halides is 1. The van der Waals surface area contributed by atoms with Gasteiger partial charge in [0.1, 0.15) is 11.1 Å². The van der Waals surface area contributed by atoms with Crippen molar-refractivity contribution in [2.45, 2.75) is 12.3 Å². The van der Waals surface area contributed by atoms with Crippen LogP contribution < -0.4 is 4.74 Å². The molecule has 0 spiro atoms. The molecule has 1 unspecified atom stereocenters. The number of methoxy groups -OCH3 is 1. The highest BCUT2D eigenvalue weighted by Crippen LogP contribution is 2.25. The monoisotopic (exact) mass is 226 g/mol. The Hall–Kier alpha value is -1.35. The largest absolute Gasteiger partial charge is 0.497 e. The molecule has 0 aromatic heterocycles. The first-order valence-electron chi connectivity index (χ1n) is 4.39. The van der Waals surface area contributed by atoms with E-state index in [-0.39, 0.29) is 0 Å². The maximum atomic E-state index is 11.3. The van der Waals surface area contributed by atoms with Gasteiger partial charge in [-0.2, -0.15) is 0 Å². The van der Waals surface area contributed by atoms with Crippen LogP contribution in [0, 0.1) is 0 Å². The third-order valence-corrected chi connectivity index (χ3v) is 2.41. The molecule has 1 aromatic rings. The summed E-state index contributed by atoms with van der Waals surface area (Å²) in [4.78, 5) is 22.2. The van der Waals surface area contributed by atoms with Crippen molar-refractivity contribution in [1.82, 2.24) is 0 Å². The molecule has 80 valence electrons. The molecule has 4 heteroatoms. The molecule has 0 amide bonds. The second-order valence-corrected chi connectivity index (χ2v) is 3.50. The number of halogens is 1. The highest BCUT2D eigenvalue weighted by atomic mass is 35.5. The van der Waals surface area contributed by atoms with Crippen molar-refractivity contribution in [3.8, 4) is 5.75 Å². The van der Waals surface area contributed by atoms with Gasteiger partial charge in [0.2, 0.25) is 5.78 Å². The molecule has 0 radical (unpaired) electrons. The summed E-state index contributed by atoms with van der Waals surface area (Å²) in [5, 5.41) is -0.933. The quantitative estimate of drug-likeness (QED) is 0.584. The number of carbonyl (C=O) groups excluding carboxylic acids is 2. The fourth-order valence-corrected chi connectivity index (χ4v) is 1.42. The normalized spacial score (nSPS) is 11.9. The molecule has 1 rings (SSSR count). The summed E-state index contributed by atoms with van der Waals surface area (Å²) in [5.74, 6) is -0.544. The van der Waals surface area contributed by atoms with Gasteiger partial charge in [0.15, 0.2) is 5.78 Å². The van der Waals surface area contributed by atoms with Crippen LogP contribution in [0.15, 0.2) is 24.3 Å². The molecule has 0 saturated heterocycles. The molecule has 0 fully saturated rings. The average molecular weight is 227 g/mol. The molecule has 0 heterocycles. The van der Waals surface area contributed by atoms with Crippen molar-refractivity contribution in [3.63, 3.8) is 0 Å². The van der Waals surface area contributed by atoms with Crippen molar-refractivity contribution in [3.05, 3.63) is 29.8 Å². The average Bonchev–Trinajstić information content (AvgIpc) is 2.27. The Morgan fingerprint density at radius 3 is 2.60 bits per heavy atom. The summed E-state index contributed by atoms with van der Waals surface area (Å²) in [6.45, 7) is 1.21. The number of Topliss-reactive ketones (excluding diaryl/α,β-unsaturated/α-hetero) is 2. The molecule has 1 atom stereocenters. The van der Waals surface area contributed by atoms with E-state index in [4.69, 9.17) is 16.3 Å². The van der Waals surface area contributed by atoms with Crippen LogP contribution in [-0.4, -0.2) is 18.7 Å². The van der Waals surface area contributed by atoms with Crippen LogP contribution in [-0.2, 0) is 9.59 Å². The van der Waals surface area contributed by atoms with Gasteiger partial charge in [0.25, 0.3) is 0 Å². The van der Waals surface area contributed by atoms with Crippen molar-refractivity contribution >= 4 is 23.2 Å². The first-order chi connectivity index (χ1) is 7.06. The van der Waals surface area contributed by atoms with Gasteiger partial charge < -0.3 is 4.74 Å². The lowest BCUT2D eigenvalue weighted by Crippen LogP contribution is -2.15. The number of benzene rings is 1. The van der Waals surface area contributed by atoms with Crippen LogP contribution in [0.4, 0.5) is 0 Å². The highest BCUT2D eigenvalue weighted by molar-refractivity contribution is 6.48. The van der Waals surface area contributed by atoms with Crippen LogP contribution in [0.25, 0.3) is 0 Å². The molecule has 3 nitrogen and oxygen atoms in total. The number of carbonyl (C=O) groups is 2. The SMILES string of the molecule is COc1cccc(C(Cl)C(=O)C(C)=O)c1. The van der Waals surface area contributed by atoms with E-state index in [0.29, 0.717) is 11.3 Å². The standard InChI is InChI=1S/C11H11ClO3/c1-7(13)11(14)10(12)8-4-3-5-9(6-8)15-2/h3-6,10H,1-2H3. The van der Waals surface area contributed by atoms with Crippen LogP contribution in [0.5, 0.6) is 5.75 Å². The molecular formula is C11H11ClO3. The summed E-state index contributed by atoms with van der Waals surface area (Å²) in [6, 6.07) is 6.78. The van der Waals surface area contributed by atoms with E-state index < -0.39 is 16.9 Å². The van der Waals surface area contributed by atoms with Gasteiger partial charge in [-0.15, -0.1) is 11.6 Å². The maximum Gasteiger partial charge on any atom is 0.220 e. The topological polar surface area (TPSA) is 43.4 Å². The summed E-state index contributed by atoms with van der Waals surface area (Å²) in [5.41, 5.74) is 0.566. The van der Waals surface area contributed by atoms with Crippen LogP contribution in [0.2, 0.25) is 0 Å². The maximum absolute atomic E-state index is 11.3. The smallest absolute Gasteiger partial charge is 0.220 e. The van der Waals surface area contributed by atoms with Crippen molar-refractivity contribution in [2.24, 2.45) is 0 Å². The van der Waals surface area contributed by atoms with E-state index in [0.717, 1.165) is 0 Å². The molecule has 15 heavy (non-hydrogen) atoms. The Morgan fingerprint density at radius 2 is 2.07 bits per heavy atom. The Kier molecular flexibility index (Phi) is 3.86. The molecule has 0 aliphatic rings. The Balaban J connectivity index is 2.95. The second-order valence-electron chi connectivity index (χ2n) is 3.06. The molecule has 0 saturated carbocycles. The van der Waals surface area contributed by atoms with Crippen LogP contribution in [0.3, 0.4) is 0 Å². The molecule has 1 aromatic carbocycles. The fraction of sp³-hybridized carbons (Fsp3) is 0.273. The first-order valence-corrected chi connectivity index (χ1v) is 4.82. The van der Waals surface area contributed by atoms with Crippen molar-refractivity contribution in [1.29, 1.82) is 0 Å². The predicted octanol–water partition coefficient (Wildman–Crippen LogP) is 2.13. The van der Waals surface area contributed by atoms with Gasteiger partial charge in [0.05, 0.1) is 7.11 Å². The molecule has 0 aliphatic heterocycles. The van der Waals surface area contributed by atoms with E-state index >= 15 is 0 Å².